The van der Waals surface area contributed by atoms with Crippen molar-refractivity contribution in [3.63, 3.8) is 0 Å². The minimum atomic E-state index is -0.373. The van der Waals surface area contributed by atoms with Crippen molar-refractivity contribution >= 4 is 11.8 Å². The molecule has 1 unspecified atom stereocenters. The lowest BCUT2D eigenvalue weighted by Gasteiger charge is -2.15. The van der Waals surface area contributed by atoms with Crippen LogP contribution < -0.4 is 10.1 Å². The van der Waals surface area contributed by atoms with Crippen molar-refractivity contribution in [1.82, 2.24) is 15.5 Å². The van der Waals surface area contributed by atoms with Crippen LogP contribution in [0.2, 0.25) is 0 Å². The lowest BCUT2D eigenvalue weighted by atomic mass is 10.1. The first-order valence-corrected chi connectivity index (χ1v) is 6.20. The van der Waals surface area contributed by atoms with E-state index in [1.54, 1.807) is 6.07 Å². The first-order valence-electron chi connectivity index (χ1n) is 6.20. The lowest BCUT2D eigenvalue weighted by molar-refractivity contribution is -0.132. The molecule has 98 valence electrons. The smallest absolute Gasteiger partial charge is 0.309 e. The molecule has 0 aromatic carbocycles. The minimum absolute atomic E-state index is 0.255. The van der Waals surface area contributed by atoms with Gasteiger partial charge >= 0.3 is 5.97 Å². The Kier molecular flexibility index (Phi) is 3.96. The van der Waals surface area contributed by atoms with Crippen LogP contribution in [0.25, 0.3) is 0 Å². The molecule has 1 atom stereocenters. The van der Waals surface area contributed by atoms with E-state index in [1.807, 2.05) is 0 Å². The van der Waals surface area contributed by atoms with E-state index < -0.39 is 0 Å². The second kappa shape index (κ2) is 5.66. The normalized spacial score (nSPS) is 20.1. The number of hydrogen-bond acceptors (Lipinski definition) is 4. The van der Waals surface area contributed by atoms with Crippen molar-refractivity contribution in [2.24, 2.45) is 0 Å². The van der Waals surface area contributed by atoms with Crippen LogP contribution in [0.1, 0.15) is 38.3 Å². The van der Waals surface area contributed by atoms with Crippen LogP contribution in [0.15, 0.2) is 6.07 Å². The van der Waals surface area contributed by atoms with Crippen molar-refractivity contribution < 1.29 is 9.53 Å². The predicted molar refractivity (Wildman–Crippen MR) is 66.7 cm³/mol. The van der Waals surface area contributed by atoms with E-state index in [4.69, 9.17) is 10.1 Å². The van der Waals surface area contributed by atoms with Gasteiger partial charge in [-0.3, -0.25) is 15.3 Å². The van der Waals surface area contributed by atoms with Gasteiger partial charge in [0.25, 0.3) is 0 Å². The Bertz CT molecular complexity index is 441. The van der Waals surface area contributed by atoms with Crippen molar-refractivity contribution in [3.8, 4) is 5.88 Å². The fourth-order valence-corrected chi connectivity index (χ4v) is 2.15. The topological polar surface area (TPSA) is 90.9 Å². The molecule has 3 N–H and O–H groups in total. The minimum Gasteiger partial charge on any atom is -0.406 e. The number of H-pyrrole nitrogens is 1. The van der Waals surface area contributed by atoms with Gasteiger partial charge in [-0.15, -0.1) is 5.10 Å². The number of carbonyl (C=O) groups excluding carboxylic acids is 1. The molecule has 1 aliphatic rings. The maximum atomic E-state index is 10.8. The van der Waals surface area contributed by atoms with Gasteiger partial charge in [0.1, 0.15) is 0 Å². The molecular weight excluding hydrogens is 232 g/mol. The number of ether oxygens (including phenoxy) is 1. The zero-order chi connectivity index (χ0) is 13.0. The molecule has 18 heavy (non-hydrogen) atoms. The average Bonchev–Trinajstić information content (AvgIpc) is 2.59. The number of esters is 1. The van der Waals surface area contributed by atoms with Gasteiger partial charge in [-0.25, -0.2) is 0 Å². The quantitative estimate of drug-likeness (QED) is 0.707. The molecule has 1 aromatic rings. The molecule has 0 saturated carbocycles. The molecule has 0 spiro atoms. The maximum absolute atomic E-state index is 10.8. The van der Waals surface area contributed by atoms with Crippen molar-refractivity contribution in [1.29, 1.82) is 5.41 Å². The summed E-state index contributed by atoms with van der Waals surface area (Å²) in [5.41, 5.74) is 0.915. The highest BCUT2D eigenvalue weighted by Crippen LogP contribution is 2.15. The largest absolute Gasteiger partial charge is 0.406 e. The van der Waals surface area contributed by atoms with E-state index in [-0.39, 0.29) is 12.0 Å². The second-order valence-corrected chi connectivity index (χ2v) is 4.59. The number of nitrogens with one attached hydrogen (secondary N) is 3. The van der Waals surface area contributed by atoms with E-state index in [9.17, 15) is 4.79 Å². The van der Waals surface area contributed by atoms with Gasteiger partial charge in [-0.05, 0) is 12.8 Å². The zero-order valence-electron chi connectivity index (χ0n) is 10.5. The molecule has 0 aliphatic carbocycles. The number of hydrogen-bond donors (Lipinski definition) is 3. The summed E-state index contributed by atoms with van der Waals surface area (Å²) < 4.78 is 4.89. The molecule has 1 aromatic heterocycles. The third-order valence-electron chi connectivity index (χ3n) is 2.93. The van der Waals surface area contributed by atoms with Gasteiger partial charge in [0.2, 0.25) is 5.88 Å². The molecule has 6 nitrogen and oxygen atoms in total. The highest BCUT2D eigenvalue weighted by Gasteiger charge is 2.16. The summed E-state index contributed by atoms with van der Waals surface area (Å²) in [6, 6.07) is 1.99. The zero-order valence-corrected chi connectivity index (χ0v) is 10.5. The van der Waals surface area contributed by atoms with Gasteiger partial charge in [-0.1, -0.05) is 6.42 Å². The molecule has 2 rings (SSSR count). The van der Waals surface area contributed by atoms with Gasteiger partial charge in [0.05, 0.1) is 5.84 Å². The van der Waals surface area contributed by atoms with E-state index in [0.717, 1.165) is 37.8 Å². The lowest BCUT2D eigenvalue weighted by Crippen LogP contribution is -2.34. The molecule has 1 saturated heterocycles. The summed E-state index contributed by atoms with van der Waals surface area (Å²) in [4.78, 5) is 10.8. The Balaban J connectivity index is 1.93. The van der Waals surface area contributed by atoms with Crippen LogP contribution >= 0.6 is 0 Å². The summed E-state index contributed by atoms with van der Waals surface area (Å²) in [7, 11) is 0. The average molecular weight is 250 g/mol. The third-order valence-corrected chi connectivity index (χ3v) is 2.93. The van der Waals surface area contributed by atoms with E-state index in [2.05, 4.69) is 15.5 Å². The van der Waals surface area contributed by atoms with E-state index in [0.29, 0.717) is 11.7 Å². The van der Waals surface area contributed by atoms with Gasteiger partial charge < -0.3 is 10.1 Å². The Morgan fingerprint density at radius 2 is 2.44 bits per heavy atom. The van der Waals surface area contributed by atoms with Gasteiger partial charge in [0, 0.05) is 37.6 Å². The molecule has 6 heteroatoms. The first-order chi connectivity index (χ1) is 8.63. The van der Waals surface area contributed by atoms with Crippen LogP contribution in [-0.2, 0) is 11.2 Å². The van der Waals surface area contributed by atoms with Crippen LogP contribution in [0.4, 0.5) is 0 Å². The molecular formula is C12H18N4O2. The van der Waals surface area contributed by atoms with Crippen molar-refractivity contribution in [3.05, 3.63) is 11.8 Å². The number of aromatic amines is 1. The summed E-state index contributed by atoms with van der Waals surface area (Å²) >= 11 is 0. The highest BCUT2D eigenvalue weighted by molar-refractivity contribution is 5.79. The molecule has 0 amide bonds. The molecule has 1 aliphatic heterocycles. The number of carbonyl (C=O) groups is 1. The summed E-state index contributed by atoms with van der Waals surface area (Å²) in [5.74, 6) is 0.542. The molecule has 1 fully saturated rings. The molecule has 2 heterocycles. The summed E-state index contributed by atoms with van der Waals surface area (Å²) in [6.45, 7) is 1.35. The van der Waals surface area contributed by atoms with E-state index >= 15 is 0 Å². The van der Waals surface area contributed by atoms with E-state index in [1.165, 1.54) is 6.92 Å². The summed E-state index contributed by atoms with van der Waals surface area (Å²) in [6.07, 6.45) is 4.84. The van der Waals surface area contributed by atoms with Crippen LogP contribution in [0, 0.1) is 5.41 Å². The monoisotopic (exact) mass is 250 g/mol. The Labute approximate surface area is 106 Å². The predicted octanol–water partition coefficient (Wildman–Crippen LogP) is 1.39. The summed E-state index contributed by atoms with van der Waals surface area (Å²) in [5, 5.41) is 17.7. The first kappa shape index (κ1) is 12.6. The van der Waals surface area contributed by atoms with Gasteiger partial charge in [0.15, 0.2) is 0 Å². The Morgan fingerprint density at radius 3 is 3.22 bits per heavy atom. The fraction of sp³-hybridized carbons (Fsp3) is 0.583. The van der Waals surface area contributed by atoms with Crippen LogP contribution in [0.3, 0.4) is 0 Å². The molecule has 0 radical (unpaired) electrons. The maximum Gasteiger partial charge on any atom is 0.309 e. The third kappa shape index (κ3) is 3.58. The number of aromatic nitrogens is 2. The standard InChI is InChI=1S/C12H18N4O2/c1-8(17)18-12-7-10(15-16-12)6-9-4-2-3-5-11(13)14-9/h7,9H,2-6H2,1H3,(H2,13,14)(H,15,16). The Morgan fingerprint density at radius 1 is 1.61 bits per heavy atom. The van der Waals surface area contributed by atoms with Crippen LogP contribution in [-0.4, -0.2) is 28.0 Å². The number of nitrogens with zero attached hydrogens (tertiary/aromatic N) is 1. The van der Waals surface area contributed by atoms with Crippen molar-refractivity contribution in [2.75, 3.05) is 0 Å². The number of rotatable bonds is 3. The number of amidine groups is 1. The Hall–Kier alpha value is -1.85. The fourth-order valence-electron chi connectivity index (χ4n) is 2.15. The second-order valence-electron chi connectivity index (χ2n) is 4.59. The molecule has 0 bridgehead atoms. The van der Waals surface area contributed by atoms with Gasteiger partial charge in [-0.2, -0.15) is 0 Å². The highest BCUT2D eigenvalue weighted by atomic mass is 16.5. The van der Waals surface area contributed by atoms with Crippen LogP contribution in [0.5, 0.6) is 5.88 Å². The van der Waals surface area contributed by atoms with Crippen molar-refractivity contribution in [2.45, 2.75) is 45.1 Å². The SMILES string of the molecule is CC(=O)Oc1cc(CC2CCCCC(=N)N2)[nH]n1.